The lowest BCUT2D eigenvalue weighted by atomic mass is 9.68. The average molecular weight is 224 g/mol. The Labute approximate surface area is 100 Å². The van der Waals surface area contributed by atoms with Crippen LogP contribution in [-0.4, -0.2) is 19.1 Å². The molecule has 2 atom stereocenters. The number of rotatable bonds is 4. The van der Waals surface area contributed by atoms with E-state index in [2.05, 4.69) is 12.2 Å². The second kappa shape index (κ2) is 5.50. The second-order valence-electron chi connectivity index (χ2n) is 6.25. The van der Waals surface area contributed by atoms with E-state index in [9.17, 15) is 0 Å². The predicted molar refractivity (Wildman–Crippen MR) is 69.4 cm³/mol. The first kappa shape index (κ1) is 12.4. The number of nitrogens with two attached hydrogens (primary N) is 1. The Hall–Kier alpha value is -0.0800. The maximum absolute atomic E-state index is 5.90. The molecule has 2 heteroatoms. The van der Waals surface area contributed by atoms with Crippen LogP contribution in [-0.2, 0) is 0 Å². The van der Waals surface area contributed by atoms with E-state index in [4.69, 9.17) is 5.73 Å². The van der Waals surface area contributed by atoms with Crippen molar-refractivity contribution in [2.75, 3.05) is 13.1 Å². The summed E-state index contributed by atoms with van der Waals surface area (Å²) in [6.07, 6.45) is 11.1. The molecule has 0 heterocycles. The molecule has 0 bridgehead atoms. The predicted octanol–water partition coefficient (Wildman–Crippen LogP) is 2.67. The summed E-state index contributed by atoms with van der Waals surface area (Å²) in [7, 11) is 0. The minimum Gasteiger partial charge on any atom is -0.330 e. The van der Waals surface area contributed by atoms with E-state index < -0.39 is 0 Å². The Morgan fingerprint density at radius 2 is 1.94 bits per heavy atom. The smallest absolute Gasteiger partial charge is 0.00674 e. The average Bonchev–Trinajstić information content (AvgIpc) is 2.43. The third-order valence-electron chi connectivity index (χ3n) is 4.87. The number of nitrogens with one attached hydrogen (secondary N) is 1. The Kier molecular flexibility index (Phi) is 4.26. The molecule has 3 N–H and O–H groups in total. The van der Waals surface area contributed by atoms with Gasteiger partial charge in [0.2, 0.25) is 0 Å². The van der Waals surface area contributed by atoms with Crippen molar-refractivity contribution in [3.05, 3.63) is 0 Å². The van der Waals surface area contributed by atoms with Gasteiger partial charge in [0.1, 0.15) is 0 Å². The second-order valence-corrected chi connectivity index (χ2v) is 6.25. The molecule has 16 heavy (non-hydrogen) atoms. The van der Waals surface area contributed by atoms with E-state index in [1.54, 1.807) is 0 Å². The molecule has 0 aromatic heterocycles. The molecule has 0 amide bonds. The molecule has 2 fully saturated rings. The van der Waals surface area contributed by atoms with Crippen LogP contribution in [0.2, 0.25) is 0 Å². The zero-order chi connectivity index (χ0) is 11.4. The monoisotopic (exact) mass is 224 g/mol. The van der Waals surface area contributed by atoms with Gasteiger partial charge in [0.05, 0.1) is 0 Å². The third-order valence-corrected chi connectivity index (χ3v) is 4.87. The molecule has 2 rings (SSSR count). The SMILES string of the molecule is CC1CCCC(NCC2(CN)CCC2)CC1. The lowest BCUT2D eigenvalue weighted by molar-refractivity contribution is 0.134. The van der Waals surface area contributed by atoms with Crippen molar-refractivity contribution in [1.82, 2.24) is 5.32 Å². The van der Waals surface area contributed by atoms with Gasteiger partial charge in [0.15, 0.2) is 0 Å². The van der Waals surface area contributed by atoms with E-state index >= 15 is 0 Å². The van der Waals surface area contributed by atoms with Gasteiger partial charge in [0.25, 0.3) is 0 Å². The first-order chi connectivity index (χ1) is 7.74. The molecule has 0 radical (unpaired) electrons. The Morgan fingerprint density at radius 3 is 2.56 bits per heavy atom. The summed E-state index contributed by atoms with van der Waals surface area (Å²) in [5.74, 6) is 0.943. The Bertz CT molecular complexity index is 205. The van der Waals surface area contributed by atoms with E-state index in [0.29, 0.717) is 5.41 Å². The summed E-state index contributed by atoms with van der Waals surface area (Å²) in [5.41, 5.74) is 6.37. The first-order valence-electron chi connectivity index (χ1n) is 7.18. The topological polar surface area (TPSA) is 38.0 Å². The van der Waals surface area contributed by atoms with Crippen LogP contribution in [0.15, 0.2) is 0 Å². The van der Waals surface area contributed by atoms with Crippen molar-refractivity contribution >= 4 is 0 Å². The summed E-state index contributed by atoms with van der Waals surface area (Å²) in [4.78, 5) is 0. The molecular weight excluding hydrogens is 196 g/mol. The largest absolute Gasteiger partial charge is 0.330 e. The maximum atomic E-state index is 5.90. The minimum atomic E-state index is 0.470. The molecule has 2 unspecified atom stereocenters. The molecule has 2 nitrogen and oxygen atoms in total. The molecule has 2 saturated carbocycles. The van der Waals surface area contributed by atoms with Crippen molar-refractivity contribution < 1.29 is 0 Å². The summed E-state index contributed by atoms with van der Waals surface area (Å²) in [5, 5.41) is 3.80. The van der Waals surface area contributed by atoms with Crippen LogP contribution in [0.4, 0.5) is 0 Å². The molecular formula is C14H28N2. The lowest BCUT2D eigenvalue weighted by Gasteiger charge is -2.42. The highest BCUT2D eigenvalue weighted by molar-refractivity contribution is 4.91. The van der Waals surface area contributed by atoms with Crippen LogP contribution in [0.1, 0.15) is 58.3 Å². The third kappa shape index (κ3) is 2.98. The van der Waals surface area contributed by atoms with Gasteiger partial charge in [-0.2, -0.15) is 0 Å². The standard InChI is InChI=1S/C14H28N2/c1-12-4-2-5-13(7-6-12)16-11-14(10-15)8-3-9-14/h12-13,16H,2-11,15H2,1H3. The molecule has 0 saturated heterocycles. The molecule has 0 aromatic carbocycles. The van der Waals surface area contributed by atoms with Gasteiger partial charge in [-0.25, -0.2) is 0 Å². The van der Waals surface area contributed by atoms with Crippen LogP contribution in [0.3, 0.4) is 0 Å². The van der Waals surface area contributed by atoms with Gasteiger partial charge >= 0.3 is 0 Å². The fourth-order valence-electron chi connectivity index (χ4n) is 3.18. The van der Waals surface area contributed by atoms with E-state index in [1.807, 2.05) is 0 Å². The van der Waals surface area contributed by atoms with Gasteiger partial charge in [-0.3, -0.25) is 0 Å². The van der Waals surface area contributed by atoms with Crippen LogP contribution in [0, 0.1) is 11.3 Å². The van der Waals surface area contributed by atoms with E-state index in [-0.39, 0.29) is 0 Å². The van der Waals surface area contributed by atoms with Gasteiger partial charge in [-0.15, -0.1) is 0 Å². The van der Waals surface area contributed by atoms with Crippen LogP contribution < -0.4 is 11.1 Å². The lowest BCUT2D eigenvalue weighted by Crippen LogP contribution is -2.47. The van der Waals surface area contributed by atoms with E-state index in [0.717, 1.165) is 18.5 Å². The quantitative estimate of drug-likeness (QED) is 0.721. The fraction of sp³-hybridized carbons (Fsp3) is 1.00. The molecule has 0 spiro atoms. The van der Waals surface area contributed by atoms with Crippen LogP contribution in [0.5, 0.6) is 0 Å². The Morgan fingerprint density at radius 1 is 1.12 bits per heavy atom. The first-order valence-corrected chi connectivity index (χ1v) is 7.18. The molecule has 0 aliphatic heterocycles. The molecule has 0 aromatic rings. The number of hydrogen-bond donors (Lipinski definition) is 2. The Balaban J connectivity index is 1.72. The maximum Gasteiger partial charge on any atom is 0.00674 e. The van der Waals surface area contributed by atoms with Crippen molar-refractivity contribution in [3.63, 3.8) is 0 Å². The summed E-state index contributed by atoms with van der Waals surface area (Å²) >= 11 is 0. The van der Waals surface area contributed by atoms with Crippen molar-refractivity contribution in [2.24, 2.45) is 17.1 Å². The molecule has 2 aliphatic carbocycles. The van der Waals surface area contributed by atoms with E-state index in [1.165, 1.54) is 57.9 Å². The highest BCUT2D eigenvalue weighted by Crippen LogP contribution is 2.39. The van der Waals surface area contributed by atoms with Gasteiger partial charge in [-0.1, -0.05) is 26.2 Å². The van der Waals surface area contributed by atoms with Gasteiger partial charge in [-0.05, 0) is 50.0 Å². The molecule has 2 aliphatic rings. The minimum absolute atomic E-state index is 0.470. The van der Waals surface area contributed by atoms with Gasteiger partial charge in [0, 0.05) is 12.6 Å². The van der Waals surface area contributed by atoms with Crippen molar-refractivity contribution in [1.29, 1.82) is 0 Å². The fourth-order valence-corrected chi connectivity index (χ4v) is 3.18. The van der Waals surface area contributed by atoms with Crippen LogP contribution in [0.25, 0.3) is 0 Å². The molecule has 94 valence electrons. The normalized spacial score (nSPS) is 34.1. The zero-order valence-electron chi connectivity index (χ0n) is 10.8. The highest BCUT2D eigenvalue weighted by Gasteiger charge is 2.35. The van der Waals surface area contributed by atoms with Gasteiger partial charge < -0.3 is 11.1 Å². The van der Waals surface area contributed by atoms with Crippen molar-refractivity contribution in [3.8, 4) is 0 Å². The summed E-state index contributed by atoms with van der Waals surface area (Å²) in [6, 6.07) is 0.772. The zero-order valence-corrected chi connectivity index (χ0v) is 10.8. The number of hydrogen-bond acceptors (Lipinski definition) is 2. The summed E-state index contributed by atoms with van der Waals surface area (Å²) in [6.45, 7) is 4.45. The van der Waals surface area contributed by atoms with Crippen LogP contribution >= 0.6 is 0 Å². The highest BCUT2D eigenvalue weighted by atomic mass is 14.9. The van der Waals surface area contributed by atoms with Crippen molar-refractivity contribution in [2.45, 2.75) is 64.3 Å². The summed E-state index contributed by atoms with van der Waals surface area (Å²) < 4.78 is 0.